The number of halogens is 1. The number of ether oxygens (including phenoxy) is 1. The van der Waals surface area contributed by atoms with E-state index >= 15 is 0 Å². The largest absolute Gasteiger partial charge is 0.497 e. The molecule has 1 N–H and O–H groups in total. The monoisotopic (exact) mass is 524 g/mol. The molecule has 0 aromatic heterocycles. The van der Waals surface area contributed by atoms with Gasteiger partial charge in [-0.2, -0.15) is 0 Å². The average molecular weight is 525 g/mol. The summed E-state index contributed by atoms with van der Waals surface area (Å²) in [4.78, 5) is 16.4. The number of Topliss-reactive ketones (excluding diaryl/α,β-unsaturated/α-hetero) is 1. The standard InChI is InChI=1S/C33H33ClN2O2/c1-33(2)20-30-31(32(37)28(33)18-21-6-14-25(15-7-21)36(3)4)27(22-10-16-26(38-5)17-11-22)19-29(35-30)23-8-12-24(34)13-9-23/h6-19,27,35H,20H2,1-5H3/b28-18+. The lowest BCUT2D eigenvalue weighted by atomic mass is 9.67. The summed E-state index contributed by atoms with van der Waals surface area (Å²) in [6, 6.07) is 24.1. The summed E-state index contributed by atoms with van der Waals surface area (Å²) in [5.74, 6) is 0.690. The molecule has 1 aliphatic heterocycles. The van der Waals surface area contributed by atoms with Crippen LogP contribution in [0.2, 0.25) is 5.02 Å². The molecular formula is C33H33ClN2O2. The van der Waals surface area contributed by atoms with Gasteiger partial charge in [-0.1, -0.05) is 61.8 Å². The number of anilines is 1. The van der Waals surface area contributed by atoms with Crippen LogP contribution in [0.3, 0.4) is 0 Å². The highest BCUT2D eigenvalue weighted by atomic mass is 35.5. The SMILES string of the molecule is COc1ccc(C2C=C(c3ccc(Cl)cc3)NC3=C2C(=O)/C(=C\c2ccc(N(C)C)cc2)C(C)(C)C3)cc1. The minimum Gasteiger partial charge on any atom is -0.497 e. The van der Waals surface area contributed by atoms with Crippen LogP contribution in [0.25, 0.3) is 11.8 Å². The number of ketones is 1. The second kappa shape index (κ2) is 10.2. The number of hydrogen-bond donors (Lipinski definition) is 1. The van der Waals surface area contributed by atoms with Crippen LogP contribution in [0.5, 0.6) is 5.75 Å². The van der Waals surface area contributed by atoms with Gasteiger partial charge < -0.3 is 15.0 Å². The molecular weight excluding hydrogens is 492 g/mol. The number of dihydropyridines is 1. The minimum absolute atomic E-state index is 0.0904. The first-order valence-electron chi connectivity index (χ1n) is 12.8. The zero-order valence-electron chi connectivity index (χ0n) is 22.5. The van der Waals surface area contributed by atoms with Gasteiger partial charge in [0, 0.05) is 53.3 Å². The molecule has 194 valence electrons. The fraction of sp³-hybridized carbons (Fsp3) is 0.242. The summed E-state index contributed by atoms with van der Waals surface area (Å²) in [6.07, 6.45) is 4.95. The van der Waals surface area contributed by atoms with Crippen molar-refractivity contribution in [3.63, 3.8) is 0 Å². The first-order chi connectivity index (χ1) is 18.2. The molecule has 4 nitrogen and oxygen atoms in total. The van der Waals surface area contributed by atoms with E-state index in [0.29, 0.717) is 5.02 Å². The van der Waals surface area contributed by atoms with E-state index in [-0.39, 0.29) is 17.1 Å². The van der Waals surface area contributed by atoms with Crippen LogP contribution in [0, 0.1) is 5.41 Å². The second-order valence-electron chi connectivity index (χ2n) is 10.8. The summed E-state index contributed by atoms with van der Waals surface area (Å²) in [5, 5.41) is 4.32. The number of methoxy groups -OCH3 is 1. The molecule has 0 fully saturated rings. The van der Waals surface area contributed by atoms with Gasteiger partial charge in [0.1, 0.15) is 5.75 Å². The Balaban J connectivity index is 1.60. The van der Waals surface area contributed by atoms with Crippen molar-refractivity contribution in [3.8, 4) is 5.75 Å². The molecule has 0 saturated carbocycles. The van der Waals surface area contributed by atoms with E-state index in [1.54, 1.807) is 7.11 Å². The Morgan fingerprint density at radius 1 is 0.974 bits per heavy atom. The Morgan fingerprint density at radius 2 is 1.63 bits per heavy atom. The van der Waals surface area contributed by atoms with Crippen LogP contribution in [-0.4, -0.2) is 27.0 Å². The van der Waals surface area contributed by atoms with Gasteiger partial charge in [0.2, 0.25) is 0 Å². The Kier molecular flexibility index (Phi) is 6.93. The summed E-state index contributed by atoms with van der Waals surface area (Å²) in [5.41, 5.74) is 7.50. The number of carbonyl (C=O) groups is 1. The van der Waals surface area contributed by atoms with Crippen molar-refractivity contribution in [2.24, 2.45) is 5.41 Å². The van der Waals surface area contributed by atoms with Crippen molar-refractivity contribution in [2.75, 3.05) is 26.1 Å². The third kappa shape index (κ3) is 5.01. The van der Waals surface area contributed by atoms with Gasteiger partial charge in [-0.3, -0.25) is 4.79 Å². The van der Waals surface area contributed by atoms with Crippen molar-refractivity contribution in [2.45, 2.75) is 26.2 Å². The Hall–Kier alpha value is -3.76. The van der Waals surface area contributed by atoms with Crippen molar-refractivity contribution in [1.82, 2.24) is 5.32 Å². The Labute approximate surface area is 230 Å². The third-order valence-corrected chi connectivity index (χ3v) is 7.69. The zero-order chi connectivity index (χ0) is 27.0. The van der Waals surface area contributed by atoms with Crippen molar-refractivity contribution >= 4 is 34.8 Å². The maximum Gasteiger partial charge on any atom is 0.188 e. The lowest BCUT2D eigenvalue weighted by Gasteiger charge is -2.40. The van der Waals surface area contributed by atoms with E-state index in [9.17, 15) is 4.79 Å². The van der Waals surface area contributed by atoms with Crippen molar-refractivity contribution in [1.29, 1.82) is 0 Å². The first-order valence-corrected chi connectivity index (χ1v) is 13.2. The van der Waals surface area contributed by atoms with Crippen LogP contribution in [0.15, 0.2) is 95.7 Å². The molecule has 1 atom stereocenters. The smallest absolute Gasteiger partial charge is 0.188 e. The second-order valence-corrected chi connectivity index (χ2v) is 11.2. The number of benzene rings is 3. The molecule has 0 radical (unpaired) electrons. The number of nitrogens with zero attached hydrogens (tertiary/aromatic N) is 1. The molecule has 0 saturated heterocycles. The van der Waals surface area contributed by atoms with E-state index in [2.05, 4.69) is 60.5 Å². The minimum atomic E-state index is -0.337. The number of allylic oxidation sites excluding steroid dienone is 4. The predicted molar refractivity (Wildman–Crippen MR) is 157 cm³/mol. The van der Waals surface area contributed by atoms with Crippen LogP contribution >= 0.6 is 11.6 Å². The quantitative estimate of drug-likeness (QED) is 0.351. The fourth-order valence-corrected chi connectivity index (χ4v) is 5.41. The molecule has 5 heteroatoms. The highest BCUT2D eigenvalue weighted by Gasteiger charge is 2.42. The van der Waals surface area contributed by atoms with Crippen molar-refractivity contribution in [3.05, 3.63) is 117 Å². The van der Waals surface area contributed by atoms with Gasteiger partial charge in [0.15, 0.2) is 5.78 Å². The third-order valence-electron chi connectivity index (χ3n) is 7.44. The van der Waals surface area contributed by atoms with Crippen LogP contribution in [-0.2, 0) is 4.79 Å². The van der Waals surface area contributed by atoms with Crippen LogP contribution in [0.4, 0.5) is 5.69 Å². The highest BCUT2D eigenvalue weighted by molar-refractivity contribution is 6.30. The molecule has 1 heterocycles. The topological polar surface area (TPSA) is 41.6 Å². The zero-order valence-corrected chi connectivity index (χ0v) is 23.3. The molecule has 2 aliphatic rings. The number of rotatable bonds is 5. The lowest BCUT2D eigenvalue weighted by molar-refractivity contribution is -0.113. The van der Waals surface area contributed by atoms with Crippen LogP contribution in [0.1, 0.15) is 42.9 Å². The molecule has 0 amide bonds. The van der Waals surface area contributed by atoms with E-state index in [0.717, 1.165) is 57.1 Å². The molecule has 3 aromatic rings. The average Bonchev–Trinajstić information content (AvgIpc) is 2.91. The molecule has 0 bridgehead atoms. The lowest BCUT2D eigenvalue weighted by Crippen LogP contribution is -2.37. The summed E-state index contributed by atoms with van der Waals surface area (Å²) < 4.78 is 5.39. The maximum atomic E-state index is 14.3. The summed E-state index contributed by atoms with van der Waals surface area (Å²) >= 11 is 6.16. The molecule has 1 unspecified atom stereocenters. The van der Waals surface area contributed by atoms with Gasteiger partial charge in [-0.25, -0.2) is 0 Å². The molecule has 5 rings (SSSR count). The van der Waals surface area contributed by atoms with E-state index in [1.807, 2.05) is 62.6 Å². The molecule has 1 aliphatic carbocycles. The predicted octanol–water partition coefficient (Wildman–Crippen LogP) is 7.48. The first kappa shape index (κ1) is 25.9. The van der Waals surface area contributed by atoms with E-state index in [4.69, 9.17) is 16.3 Å². The molecule has 38 heavy (non-hydrogen) atoms. The van der Waals surface area contributed by atoms with E-state index in [1.165, 1.54) is 0 Å². The summed E-state index contributed by atoms with van der Waals surface area (Å²) in [7, 11) is 5.71. The molecule has 0 spiro atoms. The fourth-order valence-electron chi connectivity index (χ4n) is 5.28. The van der Waals surface area contributed by atoms with Gasteiger partial charge in [0.05, 0.1) is 7.11 Å². The Morgan fingerprint density at radius 3 is 2.24 bits per heavy atom. The number of nitrogens with one attached hydrogen (secondary N) is 1. The maximum absolute atomic E-state index is 14.3. The van der Waals surface area contributed by atoms with Gasteiger partial charge >= 0.3 is 0 Å². The summed E-state index contributed by atoms with van der Waals surface area (Å²) in [6.45, 7) is 4.30. The van der Waals surface area contributed by atoms with E-state index < -0.39 is 0 Å². The molecule has 3 aromatic carbocycles. The van der Waals surface area contributed by atoms with Gasteiger partial charge in [-0.05, 0) is 77.1 Å². The number of carbonyl (C=O) groups excluding carboxylic acids is 1. The Bertz CT molecular complexity index is 1440. The van der Waals surface area contributed by atoms with Gasteiger partial charge in [-0.15, -0.1) is 0 Å². The highest BCUT2D eigenvalue weighted by Crippen LogP contribution is 2.48. The number of hydrogen-bond acceptors (Lipinski definition) is 4. The van der Waals surface area contributed by atoms with Crippen LogP contribution < -0.4 is 15.0 Å². The van der Waals surface area contributed by atoms with Crippen molar-refractivity contribution < 1.29 is 9.53 Å². The normalized spacial score (nSPS) is 19.5. The van der Waals surface area contributed by atoms with Gasteiger partial charge in [0.25, 0.3) is 0 Å².